The second-order valence-corrected chi connectivity index (χ2v) is 5.79. The monoisotopic (exact) mass is 289 g/mol. The predicted octanol–water partition coefficient (Wildman–Crippen LogP) is 2.38. The molecule has 0 radical (unpaired) electrons. The second-order valence-electron chi connectivity index (χ2n) is 5.23. The van der Waals surface area contributed by atoms with Crippen molar-refractivity contribution < 1.29 is 9.53 Å². The van der Waals surface area contributed by atoms with Crippen LogP contribution in [0.4, 0.5) is 0 Å². The summed E-state index contributed by atoms with van der Waals surface area (Å²) >= 11 is 3.49. The van der Waals surface area contributed by atoms with Gasteiger partial charge in [0.05, 0.1) is 12.0 Å². The lowest BCUT2D eigenvalue weighted by molar-refractivity contribution is -0.136. The Morgan fingerprint density at radius 2 is 1.94 bits per heavy atom. The fourth-order valence-electron chi connectivity index (χ4n) is 2.55. The highest BCUT2D eigenvalue weighted by atomic mass is 79.9. The number of halogens is 1. The van der Waals surface area contributed by atoms with Gasteiger partial charge in [-0.05, 0) is 38.5 Å². The summed E-state index contributed by atoms with van der Waals surface area (Å²) in [5, 5.41) is 4.04. The number of hydrogen-bond donors (Lipinski definition) is 1. The number of rotatable bonds is 5. The summed E-state index contributed by atoms with van der Waals surface area (Å²) in [5.74, 6) is 0.153. The van der Waals surface area contributed by atoms with Crippen molar-refractivity contribution >= 4 is 21.8 Å². The minimum absolute atomic E-state index is 0.0375. The van der Waals surface area contributed by atoms with E-state index in [4.69, 9.17) is 4.74 Å². The zero-order valence-corrected chi connectivity index (χ0v) is 11.4. The van der Waals surface area contributed by atoms with Crippen LogP contribution in [0.2, 0.25) is 0 Å². The molecule has 0 saturated heterocycles. The third-order valence-corrected chi connectivity index (χ3v) is 5.22. The van der Waals surface area contributed by atoms with E-state index in [9.17, 15) is 4.79 Å². The van der Waals surface area contributed by atoms with Crippen molar-refractivity contribution in [2.45, 2.75) is 56.1 Å². The van der Waals surface area contributed by atoms with Crippen LogP contribution < -0.4 is 5.32 Å². The zero-order valence-electron chi connectivity index (χ0n) is 9.85. The second kappa shape index (κ2) is 4.65. The number of carbonyl (C=O) groups excluding carboxylic acids is 1. The van der Waals surface area contributed by atoms with E-state index in [2.05, 4.69) is 21.2 Å². The highest BCUT2D eigenvalue weighted by Gasteiger charge is 2.42. The van der Waals surface area contributed by atoms with E-state index in [1.807, 2.05) is 0 Å². The first-order valence-corrected chi connectivity index (χ1v) is 7.18. The molecular formula is C12H20BrNO2. The van der Waals surface area contributed by atoms with Gasteiger partial charge in [0.2, 0.25) is 5.91 Å². The van der Waals surface area contributed by atoms with Gasteiger partial charge in [0.1, 0.15) is 0 Å². The number of carbonyl (C=O) groups is 1. The summed E-state index contributed by atoms with van der Waals surface area (Å²) < 4.78 is 5.47. The lowest BCUT2D eigenvalue weighted by atomic mass is 9.75. The summed E-state index contributed by atoms with van der Waals surface area (Å²) in [6.07, 6.45) is 7.19. The molecule has 0 heterocycles. The smallest absolute Gasteiger partial charge is 0.223 e. The van der Waals surface area contributed by atoms with Gasteiger partial charge in [-0.1, -0.05) is 15.9 Å². The van der Waals surface area contributed by atoms with Crippen molar-refractivity contribution in [2.24, 2.45) is 0 Å². The van der Waals surface area contributed by atoms with Crippen molar-refractivity contribution in [1.82, 2.24) is 5.32 Å². The normalized spacial score (nSPS) is 25.4. The van der Waals surface area contributed by atoms with Crippen LogP contribution in [0, 0.1) is 0 Å². The molecule has 2 fully saturated rings. The maximum atomic E-state index is 12.0. The Kier molecular flexibility index (Phi) is 3.59. The molecule has 2 aliphatic carbocycles. The van der Waals surface area contributed by atoms with E-state index in [-0.39, 0.29) is 17.0 Å². The Hall–Kier alpha value is -0.0900. The van der Waals surface area contributed by atoms with Gasteiger partial charge in [-0.25, -0.2) is 0 Å². The summed E-state index contributed by atoms with van der Waals surface area (Å²) in [4.78, 5) is 12.0. The number of alkyl halides is 1. The SMILES string of the molecule is COC1(CC(=O)NC2(CBr)CCC2)CCC1. The van der Waals surface area contributed by atoms with Crippen molar-refractivity contribution in [1.29, 1.82) is 0 Å². The molecule has 2 saturated carbocycles. The van der Waals surface area contributed by atoms with Crippen molar-refractivity contribution in [3.8, 4) is 0 Å². The summed E-state index contributed by atoms with van der Waals surface area (Å²) in [5.41, 5.74) is -0.114. The predicted molar refractivity (Wildman–Crippen MR) is 66.7 cm³/mol. The van der Waals surface area contributed by atoms with Crippen LogP contribution >= 0.6 is 15.9 Å². The zero-order chi connectivity index (χ0) is 11.6. The van der Waals surface area contributed by atoms with Crippen LogP contribution in [-0.2, 0) is 9.53 Å². The topological polar surface area (TPSA) is 38.3 Å². The third-order valence-electron chi connectivity index (χ3n) is 4.15. The Balaban J connectivity index is 1.84. The van der Waals surface area contributed by atoms with E-state index in [0.29, 0.717) is 6.42 Å². The van der Waals surface area contributed by atoms with E-state index in [0.717, 1.165) is 31.0 Å². The van der Waals surface area contributed by atoms with Crippen LogP contribution in [0.25, 0.3) is 0 Å². The molecular weight excluding hydrogens is 270 g/mol. The number of methoxy groups -OCH3 is 1. The van der Waals surface area contributed by atoms with Gasteiger partial charge < -0.3 is 10.1 Å². The standard InChI is InChI=1S/C12H20BrNO2/c1-16-12(6-3-7-12)8-10(15)14-11(9-13)4-2-5-11/h2-9H2,1H3,(H,14,15). The van der Waals surface area contributed by atoms with Gasteiger partial charge in [-0.2, -0.15) is 0 Å². The molecule has 4 heteroatoms. The Labute approximate surface area is 105 Å². The maximum absolute atomic E-state index is 12.0. The molecule has 1 N–H and O–H groups in total. The number of amides is 1. The molecule has 0 aromatic heterocycles. The van der Waals surface area contributed by atoms with Gasteiger partial charge in [0, 0.05) is 18.0 Å². The lowest BCUT2D eigenvalue weighted by Gasteiger charge is -2.44. The molecule has 92 valence electrons. The first kappa shape index (κ1) is 12.4. The van der Waals surface area contributed by atoms with Gasteiger partial charge in [-0.15, -0.1) is 0 Å². The molecule has 0 bridgehead atoms. The molecule has 0 aromatic carbocycles. The van der Waals surface area contributed by atoms with Crippen LogP contribution in [0.1, 0.15) is 44.9 Å². The largest absolute Gasteiger partial charge is 0.378 e. The summed E-state index contributed by atoms with van der Waals surface area (Å²) in [7, 11) is 1.72. The maximum Gasteiger partial charge on any atom is 0.223 e. The highest BCUT2D eigenvalue weighted by molar-refractivity contribution is 9.09. The number of nitrogens with one attached hydrogen (secondary N) is 1. The van der Waals surface area contributed by atoms with Gasteiger partial charge in [-0.3, -0.25) is 4.79 Å². The summed E-state index contributed by atoms with van der Waals surface area (Å²) in [6.45, 7) is 0. The Bertz CT molecular complexity index is 235. The van der Waals surface area contributed by atoms with Crippen LogP contribution in [-0.4, -0.2) is 29.5 Å². The van der Waals surface area contributed by atoms with E-state index in [1.165, 1.54) is 12.8 Å². The Morgan fingerprint density at radius 1 is 1.31 bits per heavy atom. The van der Waals surface area contributed by atoms with Crippen molar-refractivity contribution in [2.75, 3.05) is 12.4 Å². The molecule has 0 spiro atoms. The molecule has 2 rings (SSSR count). The summed E-state index contributed by atoms with van der Waals surface area (Å²) in [6, 6.07) is 0. The highest BCUT2D eigenvalue weighted by Crippen LogP contribution is 2.39. The van der Waals surface area contributed by atoms with E-state index >= 15 is 0 Å². The first-order valence-electron chi connectivity index (χ1n) is 6.06. The molecule has 0 atom stereocenters. The van der Waals surface area contributed by atoms with Crippen LogP contribution in [0.3, 0.4) is 0 Å². The van der Waals surface area contributed by atoms with Crippen LogP contribution in [0.15, 0.2) is 0 Å². The molecule has 3 nitrogen and oxygen atoms in total. The van der Waals surface area contributed by atoms with Gasteiger partial charge >= 0.3 is 0 Å². The number of hydrogen-bond acceptors (Lipinski definition) is 2. The van der Waals surface area contributed by atoms with Crippen LogP contribution in [0.5, 0.6) is 0 Å². The molecule has 0 unspecified atom stereocenters. The quantitative estimate of drug-likeness (QED) is 0.789. The fraction of sp³-hybridized carbons (Fsp3) is 0.917. The average molecular weight is 290 g/mol. The average Bonchev–Trinajstić information content (AvgIpc) is 2.17. The van der Waals surface area contributed by atoms with E-state index in [1.54, 1.807) is 7.11 Å². The van der Waals surface area contributed by atoms with Gasteiger partial charge in [0.15, 0.2) is 0 Å². The number of ether oxygens (including phenoxy) is 1. The van der Waals surface area contributed by atoms with Crippen molar-refractivity contribution in [3.05, 3.63) is 0 Å². The first-order chi connectivity index (χ1) is 7.64. The van der Waals surface area contributed by atoms with Gasteiger partial charge in [0.25, 0.3) is 0 Å². The molecule has 16 heavy (non-hydrogen) atoms. The Morgan fingerprint density at radius 3 is 2.25 bits per heavy atom. The fourth-order valence-corrected chi connectivity index (χ4v) is 3.25. The molecule has 2 aliphatic rings. The van der Waals surface area contributed by atoms with Crippen molar-refractivity contribution in [3.63, 3.8) is 0 Å². The van der Waals surface area contributed by atoms with E-state index < -0.39 is 0 Å². The molecule has 0 aromatic rings. The minimum Gasteiger partial charge on any atom is -0.378 e. The lowest BCUT2D eigenvalue weighted by Crippen LogP contribution is -2.56. The minimum atomic E-state index is -0.151. The third kappa shape index (κ3) is 2.28. The molecule has 1 amide bonds. The molecule has 0 aliphatic heterocycles.